The van der Waals surface area contributed by atoms with E-state index < -0.39 is 5.82 Å². The smallest absolute Gasteiger partial charge is 0.263 e. The molecule has 7 heteroatoms. The number of rotatable bonds is 6. The summed E-state index contributed by atoms with van der Waals surface area (Å²) in [6.45, 7) is 0.419. The van der Waals surface area contributed by atoms with Crippen LogP contribution in [0.3, 0.4) is 0 Å². The van der Waals surface area contributed by atoms with Crippen molar-refractivity contribution in [3.05, 3.63) is 28.9 Å². The average molecular weight is 309 g/mol. The summed E-state index contributed by atoms with van der Waals surface area (Å²) < 4.78 is 14.3. The van der Waals surface area contributed by atoms with Gasteiger partial charge in [-0.05, 0) is 25.0 Å². The van der Waals surface area contributed by atoms with Crippen LogP contribution in [-0.2, 0) is 4.79 Å². The van der Waals surface area contributed by atoms with E-state index in [0.717, 1.165) is 11.3 Å². The van der Waals surface area contributed by atoms with E-state index in [1.807, 2.05) is 0 Å². The van der Waals surface area contributed by atoms with E-state index in [-0.39, 0.29) is 17.5 Å². The lowest BCUT2D eigenvalue weighted by Gasteiger charge is -2.03. The van der Waals surface area contributed by atoms with Crippen LogP contribution in [0.25, 0.3) is 10.1 Å². The number of carbonyl (C=O) groups excluding carboxylic acids is 2. The number of anilines is 1. The number of halogens is 1. The number of nitrogens with one attached hydrogen (secondary N) is 1. The second-order valence-electron chi connectivity index (χ2n) is 4.64. The zero-order chi connectivity index (χ0) is 15.4. The van der Waals surface area contributed by atoms with E-state index in [0.29, 0.717) is 40.8 Å². The summed E-state index contributed by atoms with van der Waals surface area (Å²) in [6, 6.07) is 4.62. The number of fused-ring (bicyclic) bond motifs is 1. The van der Waals surface area contributed by atoms with Crippen molar-refractivity contribution in [2.75, 3.05) is 12.3 Å². The first-order valence-corrected chi connectivity index (χ1v) is 7.35. The van der Waals surface area contributed by atoms with Crippen LogP contribution >= 0.6 is 11.3 Å². The topological polar surface area (TPSA) is 98.2 Å². The molecule has 0 atom stereocenters. The van der Waals surface area contributed by atoms with Gasteiger partial charge in [0.15, 0.2) is 0 Å². The quantitative estimate of drug-likeness (QED) is 0.712. The summed E-state index contributed by atoms with van der Waals surface area (Å²) in [5.74, 6) is -1.11. The van der Waals surface area contributed by atoms with Gasteiger partial charge in [0.05, 0.1) is 11.1 Å². The Morgan fingerprint density at radius 1 is 1.29 bits per heavy atom. The van der Waals surface area contributed by atoms with Crippen LogP contribution in [0.15, 0.2) is 18.2 Å². The van der Waals surface area contributed by atoms with E-state index in [4.69, 9.17) is 11.5 Å². The Hall–Kier alpha value is -2.15. The second kappa shape index (κ2) is 6.53. The van der Waals surface area contributed by atoms with Gasteiger partial charge >= 0.3 is 0 Å². The summed E-state index contributed by atoms with van der Waals surface area (Å²) in [5, 5.41) is 3.00. The Morgan fingerprint density at radius 3 is 2.71 bits per heavy atom. The molecule has 0 spiro atoms. The molecule has 0 fully saturated rings. The zero-order valence-electron chi connectivity index (χ0n) is 11.3. The zero-order valence-corrected chi connectivity index (χ0v) is 12.1. The normalized spacial score (nSPS) is 10.7. The number of carbonyl (C=O) groups is 2. The molecule has 5 nitrogen and oxygen atoms in total. The molecule has 1 aromatic carbocycles. The predicted molar refractivity (Wildman–Crippen MR) is 81.6 cm³/mol. The number of amides is 2. The lowest BCUT2D eigenvalue weighted by molar-refractivity contribution is -0.118. The fraction of sp³-hybridized carbons (Fsp3) is 0.286. The molecule has 5 N–H and O–H groups in total. The van der Waals surface area contributed by atoms with Crippen LogP contribution in [-0.4, -0.2) is 18.4 Å². The molecule has 0 saturated carbocycles. The number of benzene rings is 1. The standard InChI is InChI=1S/C14H16FN3O2S/c15-8-4-3-5-9-11(8)12(17)13(21-9)14(20)18-7-2-1-6-10(16)19/h3-5H,1-2,6-7,17H2,(H2,16,19)(H,18,20). The van der Waals surface area contributed by atoms with Crippen LogP contribution < -0.4 is 16.8 Å². The van der Waals surface area contributed by atoms with Crippen LogP contribution in [0, 0.1) is 5.82 Å². The Balaban J connectivity index is 2.01. The summed E-state index contributed by atoms with van der Waals surface area (Å²) >= 11 is 1.16. The SMILES string of the molecule is NC(=O)CCCCNC(=O)c1sc2cccc(F)c2c1N. The van der Waals surface area contributed by atoms with Gasteiger partial charge in [0.1, 0.15) is 10.7 Å². The van der Waals surface area contributed by atoms with Crippen LogP contribution in [0.5, 0.6) is 0 Å². The summed E-state index contributed by atoms with van der Waals surface area (Å²) in [5.41, 5.74) is 11.1. The molecule has 0 aliphatic carbocycles. The first-order chi connectivity index (χ1) is 10.0. The van der Waals surface area contributed by atoms with Gasteiger partial charge in [-0.25, -0.2) is 4.39 Å². The monoisotopic (exact) mass is 309 g/mol. The van der Waals surface area contributed by atoms with Gasteiger partial charge in [-0.2, -0.15) is 0 Å². The third-order valence-corrected chi connectivity index (χ3v) is 4.21. The van der Waals surface area contributed by atoms with Crippen molar-refractivity contribution in [3.8, 4) is 0 Å². The van der Waals surface area contributed by atoms with Crippen molar-refractivity contribution >= 4 is 38.9 Å². The molecule has 0 radical (unpaired) electrons. The first-order valence-electron chi connectivity index (χ1n) is 6.53. The second-order valence-corrected chi connectivity index (χ2v) is 5.69. The van der Waals surface area contributed by atoms with Crippen LogP contribution in [0.1, 0.15) is 28.9 Å². The maximum Gasteiger partial charge on any atom is 0.263 e. The van der Waals surface area contributed by atoms with E-state index >= 15 is 0 Å². The Bertz CT molecular complexity index is 684. The highest BCUT2D eigenvalue weighted by Gasteiger charge is 2.18. The average Bonchev–Trinajstić information content (AvgIpc) is 2.76. The third kappa shape index (κ3) is 3.49. The first kappa shape index (κ1) is 15.2. The highest BCUT2D eigenvalue weighted by atomic mass is 32.1. The van der Waals surface area contributed by atoms with Gasteiger partial charge in [0, 0.05) is 17.7 Å². The number of nitrogens with two attached hydrogens (primary N) is 2. The molecular weight excluding hydrogens is 293 g/mol. The third-order valence-electron chi connectivity index (χ3n) is 3.04. The van der Waals surface area contributed by atoms with Gasteiger partial charge in [-0.3, -0.25) is 9.59 Å². The van der Waals surface area contributed by atoms with Crippen molar-refractivity contribution in [1.29, 1.82) is 0 Å². The minimum Gasteiger partial charge on any atom is -0.397 e. The molecular formula is C14H16FN3O2S. The van der Waals surface area contributed by atoms with Gasteiger partial charge in [0.2, 0.25) is 5.91 Å². The lowest BCUT2D eigenvalue weighted by Crippen LogP contribution is -2.24. The van der Waals surface area contributed by atoms with Gasteiger partial charge < -0.3 is 16.8 Å². The fourth-order valence-electron chi connectivity index (χ4n) is 2.00. The molecule has 1 heterocycles. The number of hydrogen-bond acceptors (Lipinski definition) is 4. The largest absolute Gasteiger partial charge is 0.397 e. The molecule has 0 bridgehead atoms. The highest BCUT2D eigenvalue weighted by molar-refractivity contribution is 7.21. The molecule has 0 aliphatic rings. The van der Waals surface area contributed by atoms with Gasteiger partial charge in [-0.15, -0.1) is 11.3 Å². The fourth-order valence-corrected chi connectivity index (χ4v) is 3.06. The van der Waals surface area contributed by atoms with Crippen LogP contribution in [0.2, 0.25) is 0 Å². The maximum absolute atomic E-state index is 13.7. The molecule has 0 saturated heterocycles. The number of nitrogen functional groups attached to an aromatic ring is 1. The van der Waals surface area contributed by atoms with Crippen molar-refractivity contribution < 1.29 is 14.0 Å². The Kier molecular flexibility index (Phi) is 4.74. The number of unbranched alkanes of at least 4 members (excludes halogenated alkanes) is 1. The molecule has 2 amide bonds. The molecule has 1 aromatic heterocycles. The molecule has 0 unspecified atom stereocenters. The molecule has 112 valence electrons. The molecule has 2 rings (SSSR count). The number of hydrogen-bond donors (Lipinski definition) is 3. The van der Waals surface area contributed by atoms with Crippen LogP contribution in [0.4, 0.5) is 10.1 Å². The van der Waals surface area contributed by atoms with Gasteiger partial charge in [-0.1, -0.05) is 6.07 Å². The van der Waals surface area contributed by atoms with E-state index in [1.165, 1.54) is 6.07 Å². The lowest BCUT2D eigenvalue weighted by atomic mass is 10.2. The summed E-state index contributed by atoms with van der Waals surface area (Å²) in [4.78, 5) is 22.9. The summed E-state index contributed by atoms with van der Waals surface area (Å²) in [6.07, 6.45) is 1.56. The minimum absolute atomic E-state index is 0.169. The van der Waals surface area contributed by atoms with Crippen molar-refractivity contribution in [2.24, 2.45) is 5.73 Å². The minimum atomic E-state index is -0.429. The van der Waals surface area contributed by atoms with E-state index in [2.05, 4.69) is 5.32 Å². The molecule has 0 aliphatic heterocycles. The van der Waals surface area contributed by atoms with Crippen molar-refractivity contribution in [3.63, 3.8) is 0 Å². The van der Waals surface area contributed by atoms with Crippen molar-refractivity contribution in [2.45, 2.75) is 19.3 Å². The van der Waals surface area contributed by atoms with Gasteiger partial charge in [0.25, 0.3) is 5.91 Å². The number of thiophene rings is 1. The van der Waals surface area contributed by atoms with E-state index in [1.54, 1.807) is 12.1 Å². The Labute approximate surface area is 125 Å². The summed E-state index contributed by atoms with van der Waals surface area (Å²) in [7, 11) is 0. The van der Waals surface area contributed by atoms with E-state index in [9.17, 15) is 14.0 Å². The van der Waals surface area contributed by atoms with Crippen molar-refractivity contribution in [1.82, 2.24) is 5.32 Å². The number of primary amides is 1. The highest BCUT2D eigenvalue weighted by Crippen LogP contribution is 2.35. The molecule has 2 aromatic rings. The maximum atomic E-state index is 13.7. The Morgan fingerprint density at radius 2 is 2.05 bits per heavy atom. The predicted octanol–water partition coefficient (Wildman–Crippen LogP) is 2.01. The molecule has 21 heavy (non-hydrogen) atoms.